The minimum Gasteiger partial charge on any atom is -0.326 e. The van der Waals surface area contributed by atoms with Gasteiger partial charge in [-0.15, -0.1) is 0 Å². The number of hydrogen-bond acceptors (Lipinski definition) is 2. The first kappa shape index (κ1) is 15.5. The molecule has 1 aromatic rings. The lowest BCUT2D eigenvalue weighted by Crippen LogP contribution is -2.59. The number of nitrogens with two attached hydrogens (primary N) is 1. The fraction of sp³-hybridized carbons (Fsp3) is 0.647. The van der Waals surface area contributed by atoms with Gasteiger partial charge in [0.25, 0.3) is 0 Å². The molecule has 1 aliphatic carbocycles. The standard InChI is InChI=1S/C17H27FN2/c1-13-7-9-17(10-8-13,20(2)3)16(19)12-14-5-4-6-15(18)11-14/h4-6,11,13,16H,7-10,12,19H2,1-3H3. The van der Waals surface area contributed by atoms with Crippen molar-refractivity contribution in [3.8, 4) is 0 Å². The summed E-state index contributed by atoms with van der Waals surface area (Å²) in [6.45, 7) is 2.32. The molecule has 0 saturated heterocycles. The molecule has 1 aromatic carbocycles. The van der Waals surface area contributed by atoms with Crippen molar-refractivity contribution >= 4 is 0 Å². The van der Waals surface area contributed by atoms with Gasteiger partial charge in [0.1, 0.15) is 5.82 Å². The SMILES string of the molecule is CC1CCC(C(N)Cc2cccc(F)c2)(N(C)C)CC1. The Bertz CT molecular complexity index is 436. The minimum atomic E-state index is -0.175. The summed E-state index contributed by atoms with van der Waals surface area (Å²) >= 11 is 0. The summed E-state index contributed by atoms with van der Waals surface area (Å²) in [4.78, 5) is 2.29. The maximum absolute atomic E-state index is 13.3. The van der Waals surface area contributed by atoms with Crippen molar-refractivity contribution in [1.29, 1.82) is 0 Å². The van der Waals surface area contributed by atoms with Crippen LogP contribution in [-0.4, -0.2) is 30.6 Å². The van der Waals surface area contributed by atoms with E-state index in [2.05, 4.69) is 25.9 Å². The van der Waals surface area contributed by atoms with Gasteiger partial charge in [0.2, 0.25) is 0 Å². The summed E-state index contributed by atoms with van der Waals surface area (Å²) in [6, 6.07) is 6.88. The molecular weight excluding hydrogens is 251 g/mol. The summed E-state index contributed by atoms with van der Waals surface area (Å²) in [6.07, 6.45) is 5.48. The van der Waals surface area contributed by atoms with Gasteiger partial charge >= 0.3 is 0 Å². The Morgan fingerprint density at radius 1 is 1.35 bits per heavy atom. The van der Waals surface area contributed by atoms with E-state index in [4.69, 9.17) is 5.73 Å². The summed E-state index contributed by atoms with van der Waals surface area (Å²) in [7, 11) is 4.25. The van der Waals surface area contributed by atoms with Gasteiger partial charge in [0.05, 0.1) is 0 Å². The first-order valence-corrected chi connectivity index (χ1v) is 7.61. The van der Waals surface area contributed by atoms with E-state index in [1.807, 2.05) is 6.07 Å². The fourth-order valence-electron chi connectivity index (χ4n) is 3.52. The van der Waals surface area contributed by atoms with E-state index in [0.29, 0.717) is 0 Å². The Morgan fingerprint density at radius 2 is 2.00 bits per heavy atom. The Hall–Kier alpha value is -0.930. The third-order valence-corrected chi connectivity index (χ3v) is 5.07. The second-order valence-electron chi connectivity index (χ2n) is 6.62. The zero-order chi connectivity index (χ0) is 14.8. The van der Waals surface area contributed by atoms with E-state index >= 15 is 0 Å². The van der Waals surface area contributed by atoms with E-state index in [9.17, 15) is 4.39 Å². The first-order valence-electron chi connectivity index (χ1n) is 7.61. The third kappa shape index (κ3) is 3.21. The Balaban J connectivity index is 2.13. The van der Waals surface area contributed by atoms with Gasteiger partial charge in [-0.1, -0.05) is 19.1 Å². The summed E-state index contributed by atoms with van der Waals surface area (Å²) in [5.41, 5.74) is 7.60. The molecule has 1 saturated carbocycles. The van der Waals surface area contributed by atoms with Crippen LogP contribution >= 0.6 is 0 Å². The van der Waals surface area contributed by atoms with Crippen molar-refractivity contribution in [2.24, 2.45) is 11.7 Å². The van der Waals surface area contributed by atoms with Crippen LogP contribution in [0.15, 0.2) is 24.3 Å². The predicted molar refractivity (Wildman–Crippen MR) is 82.1 cm³/mol. The molecule has 1 aliphatic rings. The molecule has 3 heteroatoms. The second kappa shape index (κ2) is 6.23. The highest BCUT2D eigenvalue weighted by Crippen LogP contribution is 2.38. The number of likely N-dealkylation sites (N-methyl/N-ethyl adjacent to an activating group) is 1. The molecule has 2 rings (SSSR count). The average molecular weight is 278 g/mol. The molecule has 2 nitrogen and oxygen atoms in total. The van der Waals surface area contributed by atoms with E-state index in [0.717, 1.165) is 30.7 Å². The molecule has 0 radical (unpaired) electrons. The van der Waals surface area contributed by atoms with Gasteiger partial charge in [-0.05, 0) is 69.8 Å². The number of benzene rings is 1. The van der Waals surface area contributed by atoms with Crippen molar-refractivity contribution < 1.29 is 4.39 Å². The van der Waals surface area contributed by atoms with E-state index < -0.39 is 0 Å². The number of rotatable bonds is 4. The Morgan fingerprint density at radius 3 is 2.55 bits per heavy atom. The molecule has 0 aliphatic heterocycles. The lowest BCUT2D eigenvalue weighted by molar-refractivity contribution is 0.0568. The maximum atomic E-state index is 13.3. The maximum Gasteiger partial charge on any atom is 0.123 e. The Kier molecular flexibility index (Phi) is 4.82. The van der Waals surface area contributed by atoms with Crippen LogP contribution in [0.4, 0.5) is 4.39 Å². The van der Waals surface area contributed by atoms with E-state index in [1.54, 1.807) is 12.1 Å². The lowest BCUT2D eigenvalue weighted by atomic mass is 9.71. The molecule has 20 heavy (non-hydrogen) atoms. The van der Waals surface area contributed by atoms with Crippen LogP contribution in [0.2, 0.25) is 0 Å². The first-order chi connectivity index (χ1) is 9.44. The molecule has 112 valence electrons. The number of hydrogen-bond donors (Lipinski definition) is 1. The van der Waals surface area contributed by atoms with Crippen LogP contribution in [0, 0.1) is 11.7 Å². The zero-order valence-corrected chi connectivity index (χ0v) is 12.9. The van der Waals surface area contributed by atoms with Gasteiger partial charge in [-0.25, -0.2) is 4.39 Å². The summed E-state index contributed by atoms with van der Waals surface area (Å²) in [5.74, 6) is 0.621. The highest BCUT2D eigenvalue weighted by atomic mass is 19.1. The van der Waals surface area contributed by atoms with Crippen molar-refractivity contribution in [1.82, 2.24) is 4.90 Å². The molecule has 1 atom stereocenters. The van der Waals surface area contributed by atoms with E-state index in [1.165, 1.54) is 18.9 Å². The highest BCUT2D eigenvalue weighted by molar-refractivity contribution is 5.19. The minimum absolute atomic E-state index is 0.0480. The second-order valence-corrected chi connectivity index (χ2v) is 6.62. The monoisotopic (exact) mass is 278 g/mol. The number of halogens is 1. The van der Waals surface area contributed by atoms with Gasteiger partial charge in [-0.3, -0.25) is 0 Å². The third-order valence-electron chi connectivity index (χ3n) is 5.07. The quantitative estimate of drug-likeness (QED) is 0.916. The van der Waals surface area contributed by atoms with Crippen molar-refractivity contribution in [2.75, 3.05) is 14.1 Å². The fourth-order valence-corrected chi connectivity index (χ4v) is 3.52. The van der Waals surface area contributed by atoms with Crippen LogP contribution in [0.5, 0.6) is 0 Å². The molecule has 0 amide bonds. The van der Waals surface area contributed by atoms with Gasteiger partial charge in [0, 0.05) is 11.6 Å². The molecule has 0 bridgehead atoms. The van der Waals surface area contributed by atoms with Crippen molar-refractivity contribution in [2.45, 2.75) is 50.6 Å². The van der Waals surface area contributed by atoms with Crippen LogP contribution in [0.3, 0.4) is 0 Å². The summed E-state index contributed by atoms with van der Waals surface area (Å²) < 4.78 is 13.3. The largest absolute Gasteiger partial charge is 0.326 e. The molecule has 0 aromatic heterocycles. The van der Waals surface area contributed by atoms with Crippen LogP contribution in [0.1, 0.15) is 38.2 Å². The molecule has 1 unspecified atom stereocenters. The topological polar surface area (TPSA) is 29.3 Å². The van der Waals surface area contributed by atoms with Gasteiger partial charge in [-0.2, -0.15) is 0 Å². The molecule has 0 spiro atoms. The van der Waals surface area contributed by atoms with Crippen molar-refractivity contribution in [3.05, 3.63) is 35.6 Å². The molecular formula is C17H27FN2. The highest BCUT2D eigenvalue weighted by Gasteiger charge is 2.41. The number of nitrogens with zero attached hydrogens (tertiary/aromatic N) is 1. The predicted octanol–water partition coefficient (Wildman–Crippen LogP) is 3.21. The summed E-state index contributed by atoms with van der Waals surface area (Å²) in [5, 5.41) is 0. The van der Waals surface area contributed by atoms with Crippen molar-refractivity contribution in [3.63, 3.8) is 0 Å². The average Bonchev–Trinajstić information content (AvgIpc) is 2.39. The van der Waals surface area contributed by atoms with Gasteiger partial charge < -0.3 is 10.6 Å². The Labute approximate surface area is 122 Å². The van der Waals surface area contributed by atoms with E-state index in [-0.39, 0.29) is 17.4 Å². The zero-order valence-electron chi connectivity index (χ0n) is 12.9. The normalized spacial score (nSPS) is 28.6. The van der Waals surface area contributed by atoms with Gasteiger partial charge in [0.15, 0.2) is 0 Å². The molecule has 2 N–H and O–H groups in total. The van der Waals surface area contributed by atoms with Crippen LogP contribution in [0.25, 0.3) is 0 Å². The molecule has 0 heterocycles. The van der Waals surface area contributed by atoms with Crippen LogP contribution in [-0.2, 0) is 6.42 Å². The van der Waals surface area contributed by atoms with Crippen LogP contribution < -0.4 is 5.73 Å². The lowest BCUT2D eigenvalue weighted by Gasteiger charge is -2.48. The smallest absolute Gasteiger partial charge is 0.123 e. The molecule has 1 fully saturated rings.